The summed E-state index contributed by atoms with van der Waals surface area (Å²) in [7, 11) is 1.58. The fourth-order valence-corrected chi connectivity index (χ4v) is 1.52. The first-order valence-corrected chi connectivity index (χ1v) is 3.96. The molecule has 1 aliphatic heterocycles. The van der Waals surface area contributed by atoms with Crippen molar-refractivity contribution >= 4 is 11.6 Å². The van der Waals surface area contributed by atoms with Crippen LogP contribution >= 0.6 is 0 Å². The van der Waals surface area contributed by atoms with E-state index in [1.807, 2.05) is 0 Å². The maximum atomic E-state index is 11.5. The highest BCUT2D eigenvalue weighted by Crippen LogP contribution is 2.21. The molecule has 0 bridgehead atoms. The number of fused-ring (bicyclic) bond motifs is 1. The lowest BCUT2D eigenvalue weighted by Crippen LogP contribution is -2.23. The van der Waals surface area contributed by atoms with Crippen molar-refractivity contribution in [3.8, 4) is 0 Å². The van der Waals surface area contributed by atoms with Crippen LogP contribution in [0, 0.1) is 6.92 Å². The number of hydrogen-bond donors (Lipinski definition) is 1. The van der Waals surface area contributed by atoms with E-state index in [1.54, 1.807) is 14.0 Å². The molecule has 0 atom stereocenters. The van der Waals surface area contributed by atoms with Crippen LogP contribution in [0.1, 0.15) is 11.3 Å². The average molecular weight is 179 g/mol. The summed E-state index contributed by atoms with van der Waals surface area (Å²) in [5, 5.41) is 6.59. The van der Waals surface area contributed by atoms with E-state index in [2.05, 4.69) is 10.4 Å². The Hall–Kier alpha value is -1.65. The summed E-state index contributed by atoms with van der Waals surface area (Å²) < 4.78 is 1.26. The topological polar surface area (TPSA) is 64.0 Å². The lowest BCUT2D eigenvalue weighted by Gasteiger charge is -2.03. The summed E-state index contributed by atoms with van der Waals surface area (Å²) in [6, 6.07) is 0. The summed E-state index contributed by atoms with van der Waals surface area (Å²) in [6.07, 6.45) is 0.172. The minimum atomic E-state index is -0.195. The molecule has 0 saturated carbocycles. The van der Waals surface area contributed by atoms with Gasteiger partial charge in [-0.2, -0.15) is 5.10 Å². The van der Waals surface area contributed by atoms with Gasteiger partial charge in [0.1, 0.15) is 0 Å². The molecule has 0 spiro atoms. The van der Waals surface area contributed by atoms with Crippen molar-refractivity contribution < 1.29 is 4.79 Å². The molecule has 0 fully saturated rings. The Balaban J connectivity index is 2.76. The number of nitrogens with zero attached hydrogens (tertiary/aromatic N) is 2. The van der Waals surface area contributed by atoms with Crippen LogP contribution < -0.4 is 10.9 Å². The maximum Gasteiger partial charge on any atom is 0.272 e. The Kier molecular flexibility index (Phi) is 1.48. The van der Waals surface area contributed by atoms with Crippen LogP contribution in [0.3, 0.4) is 0 Å². The van der Waals surface area contributed by atoms with Gasteiger partial charge in [0.25, 0.3) is 5.56 Å². The number of anilines is 1. The van der Waals surface area contributed by atoms with Crippen molar-refractivity contribution in [3.05, 3.63) is 21.6 Å². The SMILES string of the molecule is Cc1nn(C)c(=O)c2c1NC(=O)C2. The molecular weight excluding hydrogens is 170 g/mol. The molecule has 2 heterocycles. The van der Waals surface area contributed by atoms with E-state index < -0.39 is 0 Å². The fraction of sp³-hybridized carbons (Fsp3) is 0.375. The number of aromatic nitrogens is 2. The summed E-state index contributed by atoms with van der Waals surface area (Å²) in [5.74, 6) is -0.136. The quantitative estimate of drug-likeness (QED) is 0.588. The molecule has 0 aliphatic carbocycles. The number of rotatable bonds is 0. The average Bonchev–Trinajstić information content (AvgIpc) is 2.44. The third-order valence-corrected chi connectivity index (χ3v) is 2.12. The van der Waals surface area contributed by atoms with E-state index in [4.69, 9.17) is 0 Å². The summed E-state index contributed by atoms with van der Waals surface area (Å²) in [6.45, 7) is 1.77. The van der Waals surface area contributed by atoms with E-state index >= 15 is 0 Å². The van der Waals surface area contributed by atoms with Crippen LogP contribution in [0.25, 0.3) is 0 Å². The van der Waals surface area contributed by atoms with Gasteiger partial charge in [-0.15, -0.1) is 0 Å². The predicted octanol–water partition coefficient (Wildman–Crippen LogP) is -0.417. The molecule has 1 N–H and O–H groups in total. The molecule has 0 aromatic carbocycles. The summed E-state index contributed by atoms with van der Waals surface area (Å²) in [5.41, 5.74) is 1.61. The fourth-order valence-electron chi connectivity index (χ4n) is 1.52. The van der Waals surface area contributed by atoms with Crippen molar-refractivity contribution in [2.24, 2.45) is 7.05 Å². The van der Waals surface area contributed by atoms with Gasteiger partial charge < -0.3 is 5.32 Å². The molecule has 0 unspecified atom stereocenters. The standard InChI is InChI=1S/C8H9N3O2/c1-4-7-5(3-6(12)9-7)8(13)11(2)10-4/h3H2,1-2H3,(H,9,12). The Morgan fingerprint density at radius 3 is 2.85 bits per heavy atom. The van der Waals surface area contributed by atoms with Crippen LogP contribution in [-0.2, 0) is 18.3 Å². The zero-order valence-electron chi connectivity index (χ0n) is 7.42. The summed E-state index contributed by atoms with van der Waals surface area (Å²) >= 11 is 0. The molecule has 0 radical (unpaired) electrons. The molecule has 0 saturated heterocycles. The second-order valence-corrected chi connectivity index (χ2v) is 3.09. The van der Waals surface area contributed by atoms with Gasteiger partial charge in [-0.1, -0.05) is 0 Å². The second-order valence-electron chi connectivity index (χ2n) is 3.09. The predicted molar refractivity (Wildman–Crippen MR) is 46.5 cm³/mol. The first-order valence-electron chi connectivity index (χ1n) is 3.96. The van der Waals surface area contributed by atoms with Gasteiger partial charge in [-0.3, -0.25) is 9.59 Å². The van der Waals surface area contributed by atoms with Gasteiger partial charge in [0.2, 0.25) is 5.91 Å². The van der Waals surface area contributed by atoms with Crippen molar-refractivity contribution in [2.45, 2.75) is 13.3 Å². The molecule has 13 heavy (non-hydrogen) atoms. The minimum Gasteiger partial charge on any atom is -0.324 e. The van der Waals surface area contributed by atoms with Crippen molar-refractivity contribution in [1.29, 1.82) is 0 Å². The number of nitrogens with one attached hydrogen (secondary N) is 1. The van der Waals surface area contributed by atoms with Crippen LogP contribution in [0.4, 0.5) is 5.69 Å². The third kappa shape index (κ3) is 1.04. The number of amides is 1. The lowest BCUT2D eigenvalue weighted by molar-refractivity contribution is -0.115. The molecule has 5 heteroatoms. The Morgan fingerprint density at radius 2 is 2.15 bits per heavy atom. The molecule has 1 amide bonds. The van der Waals surface area contributed by atoms with E-state index in [-0.39, 0.29) is 17.9 Å². The number of carbonyl (C=O) groups is 1. The van der Waals surface area contributed by atoms with Gasteiger partial charge in [0.05, 0.1) is 23.4 Å². The number of carbonyl (C=O) groups excluding carboxylic acids is 1. The van der Waals surface area contributed by atoms with Gasteiger partial charge >= 0.3 is 0 Å². The van der Waals surface area contributed by atoms with Crippen molar-refractivity contribution in [1.82, 2.24) is 9.78 Å². The molecule has 1 aliphatic rings. The van der Waals surface area contributed by atoms with Crippen LogP contribution in [0.5, 0.6) is 0 Å². The van der Waals surface area contributed by atoms with E-state index in [9.17, 15) is 9.59 Å². The van der Waals surface area contributed by atoms with Crippen LogP contribution in [0.15, 0.2) is 4.79 Å². The largest absolute Gasteiger partial charge is 0.324 e. The minimum absolute atomic E-state index is 0.136. The van der Waals surface area contributed by atoms with E-state index in [0.29, 0.717) is 16.9 Å². The highest BCUT2D eigenvalue weighted by Gasteiger charge is 2.24. The van der Waals surface area contributed by atoms with E-state index in [1.165, 1.54) is 4.68 Å². The van der Waals surface area contributed by atoms with Gasteiger partial charge in [-0.25, -0.2) is 4.68 Å². The van der Waals surface area contributed by atoms with Crippen molar-refractivity contribution in [3.63, 3.8) is 0 Å². The molecule has 5 nitrogen and oxygen atoms in total. The smallest absolute Gasteiger partial charge is 0.272 e. The number of hydrogen-bond acceptors (Lipinski definition) is 3. The first-order chi connectivity index (χ1) is 6.09. The molecular formula is C8H9N3O2. The Morgan fingerprint density at radius 1 is 1.46 bits per heavy atom. The molecule has 1 aromatic rings. The Bertz CT molecular complexity index is 447. The number of aryl methyl sites for hydroxylation is 2. The normalized spacial score (nSPS) is 14.2. The second kappa shape index (κ2) is 2.42. The Labute approximate surface area is 74.4 Å². The molecule has 1 aromatic heterocycles. The highest BCUT2D eigenvalue weighted by atomic mass is 16.2. The first kappa shape index (κ1) is 7.97. The van der Waals surface area contributed by atoms with Crippen molar-refractivity contribution in [2.75, 3.05) is 5.32 Å². The molecule has 68 valence electrons. The highest BCUT2D eigenvalue weighted by molar-refractivity contribution is 5.99. The van der Waals surface area contributed by atoms with Gasteiger partial charge in [-0.05, 0) is 6.92 Å². The van der Waals surface area contributed by atoms with Crippen LogP contribution in [0.2, 0.25) is 0 Å². The van der Waals surface area contributed by atoms with Crippen LogP contribution in [-0.4, -0.2) is 15.7 Å². The third-order valence-electron chi connectivity index (χ3n) is 2.12. The van der Waals surface area contributed by atoms with Gasteiger partial charge in [0, 0.05) is 7.05 Å². The summed E-state index contributed by atoms with van der Waals surface area (Å²) in [4.78, 5) is 22.5. The molecule has 2 rings (SSSR count). The van der Waals surface area contributed by atoms with E-state index in [0.717, 1.165) is 0 Å². The monoisotopic (exact) mass is 179 g/mol. The zero-order valence-corrected chi connectivity index (χ0v) is 7.42. The lowest BCUT2D eigenvalue weighted by atomic mass is 10.2. The zero-order chi connectivity index (χ0) is 9.59. The van der Waals surface area contributed by atoms with Gasteiger partial charge in [0.15, 0.2) is 0 Å². The maximum absolute atomic E-state index is 11.5.